The van der Waals surface area contributed by atoms with Gasteiger partial charge in [0.05, 0.1) is 4.47 Å². The SMILES string of the molecule is N[C@H](CCO)c1cccc(F)c1Br. The summed E-state index contributed by atoms with van der Waals surface area (Å²) in [6.07, 6.45) is 0.433. The van der Waals surface area contributed by atoms with Crippen LogP contribution in [0.15, 0.2) is 22.7 Å². The Morgan fingerprint density at radius 1 is 1.54 bits per heavy atom. The van der Waals surface area contributed by atoms with Gasteiger partial charge in [-0.3, -0.25) is 0 Å². The lowest BCUT2D eigenvalue weighted by molar-refractivity contribution is 0.276. The topological polar surface area (TPSA) is 46.2 Å². The zero-order valence-electron chi connectivity index (χ0n) is 7.00. The van der Waals surface area contributed by atoms with E-state index in [4.69, 9.17) is 10.8 Å². The van der Waals surface area contributed by atoms with Gasteiger partial charge in [0.2, 0.25) is 0 Å². The van der Waals surface area contributed by atoms with Crippen molar-refractivity contribution < 1.29 is 9.50 Å². The molecule has 0 fully saturated rings. The maximum Gasteiger partial charge on any atom is 0.137 e. The minimum atomic E-state index is -0.328. The third kappa shape index (κ3) is 2.49. The summed E-state index contributed by atoms with van der Waals surface area (Å²) in [5.41, 5.74) is 6.41. The summed E-state index contributed by atoms with van der Waals surface area (Å²) >= 11 is 3.11. The molecule has 0 heterocycles. The normalized spacial score (nSPS) is 12.9. The lowest BCUT2D eigenvalue weighted by Crippen LogP contribution is -2.12. The predicted octanol–water partition coefficient (Wildman–Crippen LogP) is 1.97. The van der Waals surface area contributed by atoms with E-state index >= 15 is 0 Å². The van der Waals surface area contributed by atoms with Gasteiger partial charge in [0, 0.05) is 12.6 Å². The molecule has 4 heteroatoms. The number of aliphatic hydroxyl groups excluding tert-OH is 1. The Morgan fingerprint density at radius 2 is 2.23 bits per heavy atom. The molecule has 2 nitrogen and oxygen atoms in total. The van der Waals surface area contributed by atoms with E-state index in [2.05, 4.69) is 15.9 Å². The van der Waals surface area contributed by atoms with Gasteiger partial charge in [-0.25, -0.2) is 4.39 Å². The predicted molar refractivity (Wildman–Crippen MR) is 52.7 cm³/mol. The van der Waals surface area contributed by atoms with Crippen LogP contribution in [0.2, 0.25) is 0 Å². The number of benzene rings is 1. The fraction of sp³-hybridized carbons (Fsp3) is 0.333. The standard InChI is InChI=1S/C9H11BrFNO/c10-9-6(8(12)4-5-13)2-1-3-7(9)11/h1-3,8,13H,4-5,12H2/t8-/m1/s1. The number of rotatable bonds is 3. The Labute approximate surface area is 84.7 Å². The fourth-order valence-electron chi connectivity index (χ4n) is 1.10. The number of halogens is 2. The highest BCUT2D eigenvalue weighted by molar-refractivity contribution is 9.10. The smallest absolute Gasteiger partial charge is 0.137 e. The van der Waals surface area contributed by atoms with Crippen molar-refractivity contribution in [3.8, 4) is 0 Å². The van der Waals surface area contributed by atoms with Crippen LogP contribution >= 0.6 is 15.9 Å². The second kappa shape index (κ2) is 4.69. The molecule has 0 aliphatic rings. The van der Waals surface area contributed by atoms with Crippen molar-refractivity contribution in [1.82, 2.24) is 0 Å². The van der Waals surface area contributed by atoms with Crippen molar-refractivity contribution in [3.63, 3.8) is 0 Å². The highest BCUT2D eigenvalue weighted by Gasteiger charge is 2.11. The van der Waals surface area contributed by atoms with E-state index in [1.807, 2.05) is 0 Å². The molecule has 1 atom stereocenters. The minimum absolute atomic E-state index is 0.00409. The monoisotopic (exact) mass is 247 g/mol. The van der Waals surface area contributed by atoms with Crippen molar-refractivity contribution in [1.29, 1.82) is 0 Å². The van der Waals surface area contributed by atoms with Crippen LogP contribution in [0.25, 0.3) is 0 Å². The molecule has 0 amide bonds. The van der Waals surface area contributed by atoms with E-state index in [0.29, 0.717) is 16.5 Å². The molecule has 0 saturated heterocycles. The van der Waals surface area contributed by atoms with Crippen LogP contribution in [0.4, 0.5) is 4.39 Å². The number of aliphatic hydroxyl groups is 1. The van der Waals surface area contributed by atoms with Gasteiger partial charge in [0.1, 0.15) is 5.82 Å². The fourth-order valence-corrected chi connectivity index (χ4v) is 1.66. The van der Waals surface area contributed by atoms with Gasteiger partial charge in [-0.1, -0.05) is 12.1 Å². The summed E-state index contributed by atoms with van der Waals surface area (Å²) in [5.74, 6) is -0.328. The molecule has 72 valence electrons. The lowest BCUT2D eigenvalue weighted by Gasteiger charge is -2.12. The van der Waals surface area contributed by atoms with Gasteiger partial charge in [0.25, 0.3) is 0 Å². The molecule has 0 aromatic heterocycles. The van der Waals surface area contributed by atoms with Gasteiger partial charge in [-0.15, -0.1) is 0 Å². The summed E-state index contributed by atoms with van der Waals surface area (Å²) in [4.78, 5) is 0. The number of hydrogen-bond acceptors (Lipinski definition) is 2. The zero-order chi connectivity index (χ0) is 9.84. The van der Waals surface area contributed by atoms with Crippen LogP contribution in [0.5, 0.6) is 0 Å². The third-order valence-corrected chi connectivity index (χ3v) is 2.66. The molecule has 0 aliphatic heterocycles. The van der Waals surface area contributed by atoms with Crippen LogP contribution in [-0.2, 0) is 0 Å². The lowest BCUT2D eigenvalue weighted by atomic mass is 10.1. The second-order valence-electron chi connectivity index (χ2n) is 2.76. The van der Waals surface area contributed by atoms with Crippen molar-refractivity contribution in [3.05, 3.63) is 34.1 Å². The van der Waals surface area contributed by atoms with Gasteiger partial charge >= 0.3 is 0 Å². The largest absolute Gasteiger partial charge is 0.396 e. The average molecular weight is 248 g/mol. The molecule has 1 aromatic rings. The first kappa shape index (κ1) is 10.6. The first-order valence-corrected chi connectivity index (χ1v) is 4.76. The highest BCUT2D eigenvalue weighted by atomic mass is 79.9. The van der Waals surface area contributed by atoms with Gasteiger partial charge in [-0.05, 0) is 34.0 Å². The van der Waals surface area contributed by atoms with Crippen LogP contribution in [0, 0.1) is 5.82 Å². The van der Waals surface area contributed by atoms with Gasteiger partial charge in [-0.2, -0.15) is 0 Å². The summed E-state index contributed by atoms with van der Waals surface area (Å²) in [5, 5.41) is 8.67. The number of nitrogens with two attached hydrogens (primary N) is 1. The highest BCUT2D eigenvalue weighted by Crippen LogP contribution is 2.26. The maximum absolute atomic E-state index is 13.0. The van der Waals surface area contributed by atoms with Gasteiger partial charge in [0.15, 0.2) is 0 Å². The van der Waals surface area contributed by atoms with Crippen LogP contribution in [0.1, 0.15) is 18.0 Å². The Morgan fingerprint density at radius 3 is 2.85 bits per heavy atom. The van der Waals surface area contributed by atoms with Crippen LogP contribution in [0.3, 0.4) is 0 Å². The Kier molecular flexibility index (Phi) is 3.84. The summed E-state index contributed by atoms with van der Waals surface area (Å²) in [6.45, 7) is 0.00409. The first-order valence-electron chi connectivity index (χ1n) is 3.97. The first-order chi connectivity index (χ1) is 6.16. The molecule has 1 aromatic carbocycles. The average Bonchev–Trinajstić information content (AvgIpc) is 2.10. The van der Waals surface area contributed by atoms with E-state index in [1.54, 1.807) is 12.1 Å². The summed E-state index contributed by atoms with van der Waals surface area (Å²) in [6, 6.07) is 4.38. The molecule has 0 bridgehead atoms. The Balaban J connectivity index is 2.93. The molecular weight excluding hydrogens is 237 g/mol. The van der Waals surface area contributed by atoms with E-state index in [1.165, 1.54) is 6.07 Å². The molecule has 1 rings (SSSR count). The van der Waals surface area contributed by atoms with Crippen LogP contribution < -0.4 is 5.73 Å². The van der Waals surface area contributed by atoms with E-state index in [0.717, 1.165) is 0 Å². The van der Waals surface area contributed by atoms with Crippen molar-refractivity contribution in [2.75, 3.05) is 6.61 Å². The van der Waals surface area contributed by atoms with Crippen molar-refractivity contribution in [2.45, 2.75) is 12.5 Å². The molecule has 0 spiro atoms. The quantitative estimate of drug-likeness (QED) is 0.858. The Hall–Kier alpha value is -0.450. The molecule has 0 unspecified atom stereocenters. The minimum Gasteiger partial charge on any atom is -0.396 e. The van der Waals surface area contributed by atoms with Crippen molar-refractivity contribution in [2.24, 2.45) is 5.73 Å². The molecule has 0 saturated carbocycles. The summed E-state index contributed by atoms with van der Waals surface area (Å²) in [7, 11) is 0. The number of hydrogen-bond donors (Lipinski definition) is 2. The zero-order valence-corrected chi connectivity index (χ0v) is 8.59. The molecule has 3 N–H and O–H groups in total. The molecule has 0 radical (unpaired) electrons. The van der Waals surface area contributed by atoms with E-state index in [-0.39, 0.29) is 18.5 Å². The summed E-state index contributed by atoms with van der Waals surface area (Å²) < 4.78 is 13.4. The molecular formula is C9H11BrFNO. The van der Waals surface area contributed by atoms with E-state index < -0.39 is 0 Å². The van der Waals surface area contributed by atoms with E-state index in [9.17, 15) is 4.39 Å². The second-order valence-corrected chi connectivity index (χ2v) is 3.55. The van der Waals surface area contributed by atoms with Gasteiger partial charge < -0.3 is 10.8 Å². The molecule has 13 heavy (non-hydrogen) atoms. The maximum atomic E-state index is 13.0. The van der Waals surface area contributed by atoms with Crippen molar-refractivity contribution >= 4 is 15.9 Å². The molecule has 0 aliphatic carbocycles. The third-order valence-electron chi connectivity index (χ3n) is 1.82. The Bertz CT molecular complexity index is 293. The van der Waals surface area contributed by atoms with Crippen LogP contribution in [-0.4, -0.2) is 11.7 Å².